The quantitative estimate of drug-likeness (QED) is 0.319. The lowest BCUT2D eigenvalue weighted by Crippen LogP contribution is -2.22. The Morgan fingerprint density at radius 2 is 1.95 bits per heavy atom. The van der Waals surface area contributed by atoms with Gasteiger partial charge in [0.2, 0.25) is 0 Å². The van der Waals surface area contributed by atoms with Crippen molar-refractivity contribution in [3.63, 3.8) is 0 Å². The number of carbonyl (C=O) groups excluding carboxylic acids is 1. The lowest BCUT2D eigenvalue weighted by atomic mass is 10.1. The fraction of sp³-hybridized carbons (Fsp3) is 0.533. The third-order valence-electron chi connectivity index (χ3n) is 2.89. The third-order valence-corrected chi connectivity index (χ3v) is 4.60. The molecule has 0 unspecified atom stereocenters. The number of esters is 1. The molecule has 0 N–H and O–H groups in total. The van der Waals surface area contributed by atoms with Crippen LogP contribution in [0.3, 0.4) is 0 Å². The molecule has 0 aliphatic rings. The molecule has 0 aliphatic heterocycles. The summed E-state index contributed by atoms with van der Waals surface area (Å²) in [6.07, 6.45) is 0. The molecule has 0 amide bonds. The van der Waals surface area contributed by atoms with Crippen LogP contribution in [0.1, 0.15) is 15.9 Å². The van der Waals surface area contributed by atoms with Crippen LogP contribution in [-0.4, -0.2) is 34.6 Å². The topological polar surface area (TPSA) is 44.8 Å². The SMILES string of the molecule is COC(=O)c1ccc(F)cc1COCOCC[Si](C)(C)C. The monoisotopic (exact) mass is 314 g/mol. The molecule has 0 atom stereocenters. The highest BCUT2D eigenvalue weighted by atomic mass is 28.3. The molecule has 4 nitrogen and oxygen atoms in total. The Hall–Kier alpha value is -1.24. The molecule has 0 spiro atoms. The molecule has 0 aliphatic carbocycles. The van der Waals surface area contributed by atoms with Gasteiger partial charge in [-0.2, -0.15) is 0 Å². The van der Waals surface area contributed by atoms with Crippen LogP contribution in [0.15, 0.2) is 18.2 Å². The molecule has 0 saturated carbocycles. The van der Waals surface area contributed by atoms with Crippen LogP contribution in [0.2, 0.25) is 25.7 Å². The van der Waals surface area contributed by atoms with Crippen molar-refractivity contribution in [1.82, 2.24) is 0 Å². The largest absolute Gasteiger partial charge is 0.465 e. The maximum absolute atomic E-state index is 13.2. The van der Waals surface area contributed by atoms with Crippen molar-refractivity contribution in [2.24, 2.45) is 0 Å². The molecule has 0 bridgehead atoms. The summed E-state index contributed by atoms with van der Waals surface area (Å²) in [6, 6.07) is 4.95. The summed E-state index contributed by atoms with van der Waals surface area (Å²) in [5, 5.41) is 0. The molecular formula is C15H23FO4Si. The highest BCUT2D eigenvalue weighted by molar-refractivity contribution is 6.76. The van der Waals surface area contributed by atoms with Gasteiger partial charge in [0.15, 0.2) is 0 Å². The van der Waals surface area contributed by atoms with Gasteiger partial charge in [-0.15, -0.1) is 0 Å². The van der Waals surface area contributed by atoms with E-state index < -0.39 is 19.9 Å². The van der Waals surface area contributed by atoms with Crippen LogP contribution in [0.5, 0.6) is 0 Å². The molecule has 6 heteroatoms. The summed E-state index contributed by atoms with van der Waals surface area (Å²) in [6.45, 7) is 7.70. The van der Waals surface area contributed by atoms with Crippen molar-refractivity contribution in [3.8, 4) is 0 Å². The van der Waals surface area contributed by atoms with E-state index in [4.69, 9.17) is 9.47 Å². The zero-order chi connectivity index (χ0) is 15.9. The zero-order valence-corrected chi connectivity index (χ0v) is 14.1. The molecule has 0 radical (unpaired) electrons. The molecular weight excluding hydrogens is 291 g/mol. The lowest BCUT2D eigenvalue weighted by molar-refractivity contribution is -0.0575. The molecule has 118 valence electrons. The van der Waals surface area contributed by atoms with Crippen LogP contribution < -0.4 is 0 Å². The third kappa shape index (κ3) is 6.84. The highest BCUT2D eigenvalue weighted by Crippen LogP contribution is 2.14. The molecule has 0 fully saturated rings. The van der Waals surface area contributed by atoms with E-state index in [0.29, 0.717) is 17.7 Å². The van der Waals surface area contributed by atoms with Crippen molar-refractivity contribution in [2.45, 2.75) is 32.3 Å². The fourth-order valence-electron chi connectivity index (χ4n) is 1.64. The van der Waals surface area contributed by atoms with Gasteiger partial charge in [-0.1, -0.05) is 19.6 Å². The first-order chi connectivity index (χ1) is 9.83. The van der Waals surface area contributed by atoms with E-state index in [1.807, 2.05) is 0 Å². The zero-order valence-electron chi connectivity index (χ0n) is 13.1. The van der Waals surface area contributed by atoms with E-state index >= 15 is 0 Å². The summed E-state index contributed by atoms with van der Waals surface area (Å²) in [4.78, 5) is 11.6. The molecule has 1 rings (SSSR count). The average molecular weight is 314 g/mol. The number of hydrogen-bond donors (Lipinski definition) is 0. The van der Waals surface area contributed by atoms with Crippen molar-refractivity contribution in [2.75, 3.05) is 20.5 Å². The summed E-state index contributed by atoms with van der Waals surface area (Å²) >= 11 is 0. The van der Waals surface area contributed by atoms with Crippen molar-refractivity contribution in [3.05, 3.63) is 35.1 Å². The first-order valence-corrected chi connectivity index (χ1v) is 10.6. The van der Waals surface area contributed by atoms with Crippen LogP contribution >= 0.6 is 0 Å². The molecule has 0 heterocycles. The first-order valence-electron chi connectivity index (χ1n) is 6.86. The van der Waals surface area contributed by atoms with Crippen molar-refractivity contribution < 1.29 is 23.4 Å². The van der Waals surface area contributed by atoms with Crippen molar-refractivity contribution in [1.29, 1.82) is 0 Å². The number of halogens is 1. The van der Waals surface area contributed by atoms with Crippen LogP contribution in [0.25, 0.3) is 0 Å². The van der Waals surface area contributed by atoms with E-state index in [1.165, 1.54) is 25.3 Å². The molecule has 0 aromatic heterocycles. The Bertz CT molecular complexity index is 471. The lowest BCUT2D eigenvalue weighted by Gasteiger charge is -2.15. The van der Waals surface area contributed by atoms with Crippen LogP contribution in [0.4, 0.5) is 4.39 Å². The van der Waals surface area contributed by atoms with E-state index in [0.717, 1.165) is 6.04 Å². The van der Waals surface area contributed by atoms with Gasteiger partial charge in [-0.25, -0.2) is 9.18 Å². The number of methoxy groups -OCH3 is 1. The van der Waals surface area contributed by atoms with Crippen molar-refractivity contribution >= 4 is 14.0 Å². The van der Waals surface area contributed by atoms with E-state index in [-0.39, 0.29) is 13.4 Å². The maximum atomic E-state index is 13.2. The van der Waals surface area contributed by atoms with E-state index in [2.05, 4.69) is 24.4 Å². The van der Waals surface area contributed by atoms with Gasteiger partial charge < -0.3 is 14.2 Å². The summed E-state index contributed by atoms with van der Waals surface area (Å²) in [5.41, 5.74) is 0.761. The van der Waals surface area contributed by atoms with Gasteiger partial charge in [0, 0.05) is 14.7 Å². The molecule has 0 saturated heterocycles. The van der Waals surface area contributed by atoms with E-state index in [1.54, 1.807) is 0 Å². The van der Waals surface area contributed by atoms with Gasteiger partial charge in [0.25, 0.3) is 0 Å². The van der Waals surface area contributed by atoms with Gasteiger partial charge in [-0.05, 0) is 29.8 Å². The first kappa shape index (κ1) is 17.8. The average Bonchev–Trinajstić information content (AvgIpc) is 2.41. The van der Waals surface area contributed by atoms with Gasteiger partial charge >= 0.3 is 5.97 Å². The van der Waals surface area contributed by atoms with Crippen LogP contribution in [-0.2, 0) is 20.8 Å². The van der Waals surface area contributed by atoms with Gasteiger partial charge in [0.05, 0.1) is 19.3 Å². The second-order valence-electron chi connectivity index (χ2n) is 5.98. The summed E-state index contributed by atoms with van der Waals surface area (Å²) in [5.74, 6) is -0.922. The Labute approximate surface area is 126 Å². The van der Waals surface area contributed by atoms with Gasteiger partial charge in [0.1, 0.15) is 12.6 Å². The minimum absolute atomic E-state index is 0.106. The minimum Gasteiger partial charge on any atom is -0.465 e. The number of rotatable bonds is 8. The van der Waals surface area contributed by atoms with Crippen LogP contribution in [0, 0.1) is 5.82 Å². The number of carbonyl (C=O) groups is 1. The standard InChI is InChI=1S/C15H23FO4Si/c1-18-15(17)14-6-5-13(16)9-12(14)10-20-11-19-7-8-21(2,3)4/h5-6,9H,7-8,10-11H2,1-4H3. The Balaban J connectivity index is 2.44. The summed E-state index contributed by atoms with van der Waals surface area (Å²) < 4.78 is 28.6. The fourth-order valence-corrected chi connectivity index (χ4v) is 2.40. The predicted octanol–water partition coefficient (Wildman–Crippen LogP) is 3.44. The Morgan fingerprint density at radius 1 is 1.24 bits per heavy atom. The molecule has 1 aromatic carbocycles. The smallest absolute Gasteiger partial charge is 0.338 e. The second-order valence-corrected chi connectivity index (χ2v) is 11.6. The van der Waals surface area contributed by atoms with Gasteiger partial charge in [-0.3, -0.25) is 0 Å². The maximum Gasteiger partial charge on any atom is 0.338 e. The predicted molar refractivity (Wildman–Crippen MR) is 81.5 cm³/mol. The van der Waals surface area contributed by atoms with E-state index in [9.17, 15) is 9.18 Å². The second kappa shape index (κ2) is 8.26. The highest BCUT2D eigenvalue weighted by Gasteiger charge is 2.13. The Kier molecular flexibility index (Phi) is 7.00. The number of ether oxygens (including phenoxy) is 3. The Morgan fingerprint density at radius 3 is 2.57 bits per heavy atom. The normalized spacial score (nSPS) is 11.5. The molecule has 1 aromatic rings. The summed E-state index contributed by atoms with van der Waals surface area (Å²) in [7, 11) is 0.179. The number of benzene rings is 1. The molecule has 21 heavy (non-hydrogen) atoms. The number of hydrogen-bond acceptors (Lipinski definition) is 4. The minimum atomic E-state index is -1.11.